The van der Waals surface area contributed by atoms with Crippen molar-refractivity contribution >= 4 is 5.91 Å². The SMILES string of the molecule is COc1ccc(C(C)N(C)C(=O)Cc2c(C)nn(-c3cccc(C(F)(F)F)c3)c2C)cc1. The van der Waals surface area contributed by atoms with Crippen molar-refractivity contribution in [1.29, 1.82) is 0 Å². The highest BCUT2D eigenvalue weighted by atomic mass is 19.4. The molecule has 0 saturated carbocycles. The van der Waals surface area contributed by atoms with E-state index in [4.69, 9.17) is 4.74 Å². The molecule has 3 rings (SSSR count). The maximum Gasteiger partial charge on any atom is 0.416 e. The molecule has 2 aromatic carbocycles. The number of likely N-dealkylation sites (N-methyl/N-ethyl adjacent to an activating group) is 1. The minimum Gasteiger partial charge on any atom is -0.497 e. The predicted molar refractivity (Wildman–Crippen MR) is 116 cm³/mol. The maximum absolute atomic E-state index is 13.1. The average Bonchev–Trinajstić information content (AvgIpc) is 3.06. The summed E-state index contributed by atoms with van der Waals surface area (Å²) in [6.07, 6.45) is -4.33. The van der Waals surface area contributed by atoms with Gasteiger partial charge < -0.3 is 9.64 Å². The first kappa shape index (κ1) is 23.4. The number of hydrogen-bond donors (Lipinski definition) is 0. The van der Waals surface area contributed by atoms with E-state index in [9.17, 15) is 18.0 Å². The fourth-order valence-corrected chi connectivity index (χ4v) is 3.59. The van der Waals surface area contributed by atoms with Gasteiger partial charge in [0.05, 0.1) is 36.5 Å². The number of carbonyl (C=O) groups excluding carboxylic acids is 1. The number of aromatic nitrogens is 2. The second kappa shape index (κ2) is 9.06. The van der Waals surface area contributed by atoms with Crippen molar-refractivity contribution in [2.24, 2.45) is 0 Å². The minimum absolute atomic E-state index is 0.105. The van der Waals surface area contributed by atoms with Crippen molar-refractivity contribution in [3.63, 3.8) is 0 Å². The van der Waals surface area contributed by atoms with Gasteiger partial charge in [0.1, 0.15) is 5.75 Å². The summed E-state index contributed by atoms with van der Waals surface area (Å²) in [7, 11) is 3.33. The lowest BCUT2D eigenvalue weighted by Gasteiger charge is -2.25. The van der Waals surface area contributed by atoms with E-state index in [0.29, 0.717) is 22.6 Å². The van der Waals surface area contributed by atoms with Crippen molar-refractivity contribution in [2.75, 3.05) is 14.2 Å². The monoisotopic (exact) mass is 445 g/mol. The van der Waals surface area contributed by atoms with Crippen molar-refractivity contribution in [1.82, 2.24) is 14.7 Å². The molecule has 5 nitrogen and oxygen atoms in total. The average molecular weight is 445 g/mol. The van der Waals surface area contributed by atoms with E-state index in [2.05, 4.69) is 5.10 Å². The third-order valence-corrected chi connectivity index (χ3v) is 5.76. The summed E-state index contributed by atoms with van der Waals surface area (Å²) in [6.45, 7) is 5.45. The molecular weight excluding hydrogens is 419 g/mol. The van der Waals surface area contributed by atoms with Gasteiger partial charge in [-0.2, -0.15) is 18.3 Å². The Morgan fingerprint density at radius 3 is 2.41 bits per heavy atom. The van der Waals surface area contributed by atoms with Crippen LogP contribution in [-0.2, 0) is 17.4 Å². The van der Waals surface area contributed by atoms with Crippen LogP contribution in [0.3, 0.4) is 0 Å². The fourth-order valence-electron chi connectivity index (χ4n) is 3.59. The van der Waals surface area contributed by atoms with Gasteiger partial charge in [-0.1, -0.05) is 18.2 Å². The van der Waals surface area contributed by atoms with E-state index < -0.39 is 11.7 Å². The van der Waals surface area contributed by atoms with E-state index in [1.807, 2.05) is 31.2 Å². The quantitative estimate of drug-likeness (QED) is 0.519. The molecule has 0 aliphatic rings. The van der Waals surface area contributed by atoms with Crippen LogP contribution in [0.25, 0.3) is 5.69 Å². The van der Waals surface area contributed by atoms with Gasteiger partial charge in [-0.3, -0.25) is 4.79 Å². The molecule has 170 valence electrons. The highest BCUT2D eigenvalue weighted by Gasteiger charge is 2.31. The number of carbonyl (C=O) groups is 1. The molecule has 0 saturated heterocycles. The first-order valence-corrected chi connectivity index (χ1v) is 10.1. The molecule has 0 aliphatic heterocycles. The molecule has 1 amide bonds. The van der Waals surface area contributed by atoms with Crippen LogP contribution >= 0.6 is 0 Å². The highest BCUT2D eigenvalue weighted by Crippen LogP contribution is 2.31. The Labute approximate surface area is 185 Å². The van der Waals surface area contributed by atoms with E-state index in [1.165, 1.54) is 10.7 Å². The molecule has 32 heavy (non-hydrogen) atoms. The zero-order valence-electron chi connectivity index (χ0n) is 18.7. The zero-order valence-corrected chi connectivity index (χ0v) is 18.7. The van der Waals surface area contributed by atoms with Crippen LogP contribution in [-0.4, -0.2) is 34.7 Å². The van der Waals surface area contributed by atoms with Crippen LogP contribution < -0.4 is 4.74 Å². The van der Waals surface area contributed by atoms with Gasteiger partial charge in [-0.05, 0) is 56.7 Å². The first-order chi connectivity index (χ1) is 15.0. The fraction of sp³-hybridized carbons (Fsp3) is 0.333. The number of benzene rings is 2. The summed E-state index contributed by atoms with van der Waals surface area (Å²) in [6, 6.07) is 12.4. The number of aryl methyl sites for hydroxylation is 1. The van der Waals surface area contributed by atoms with E-state index in [1.54, 1.807) is 39.0 Å². The largest absolute Gasteiger partial charge is 0.497 e. The number of nitrogens with zero attached hydrogens (tertiary/aromatic N) is 3. The first-order valence-electron chi connectivity index (χ1n) is 10.1. The topological polar surface area (TPSA) is 47.4 Å². The van der Waals surface area contributed by atoms with Crippen LogP contribution in [0.4, 0.5) is 13.2 Å². The second-order valence-electron chi connectivity index (χ2n) is 7.74. The Kier molecular flexibility index (Phi) is 6.62. The molecule has 0 fully saturated rings. The van der Waals surface area contributed by atoms with Gasteiger partial charge >= 0.3 is 6.18 Å². The summed E-state index contributed by atoms with van der Waals surface area (Å²) >= 11 is 0. The zero-order chi connectivity index (χ0) is 23.6. The molecule has 1 atom stereocenters. The van der Waals surface area contributed by atoms with Gasteiger partial charge in [0.25, 0.3) is 0 Å². The van der Waals surface area contributed by atoms with Crippen molar-refractivity contribution < 1.29 is 22.7 Å². The molecular formula is C24H26F3N3O2. The Morgan fingerprint density at radius 2 is 1.81 bits per heavy atom. The number of alkyl halides is 3. The normalized spacial score (nSPS) is 12.5. The summed E-state index contributed by atoms with van der Waals surface area (Å²) in [5.74, 6) is 0.631. The second-order valence-corrected chi connectivity index (χ2v) is 7.74. The molecule has 1 aromatic heterocycles. The molecule has 0 spiro atoms. The number of ether oxygens (including phenoxy) is 1. The highest BCUT2D eigenvalue weighted by molar-refractivity contribution is 5.79. The van der Waals surface area contributed by atoms with Crippen LogP contribution in [0.2, 0.25) is 0 Å². The van der Waals surface area contributed by atoms with E-state index in [0.717, 1.165) is 23.4 Å². The van der Waals surface area contributed by atoms with E-state index >= 15 is 0 Å². The van der Waals surface area contributed by atoms with Gasteiger partial charge in [-0.15, -0.1) is 0 Å². The van der Waals surface area contributed by atoms with Crippen LogP contribution in [0.15, 0.2) is 48.5 Å². The molecule has 0 bridgehead atoms. The lowest BCUT2D eigenvalue weighted by atomic mass is 10.0. The molecule has 1 heterocycles. The van der Waals surface area contributed by atoms with Crippen molar-refractivity contribution in [2.45, 2.75) is 39.4 Å². The van der Waals surface area contributed by atoms with Crippen LogP contribution in [0, 0.1) is 13.8 Å². The molecule has 0 aliphatic carbocycles. The number of rotatable bonds is 6. The number of methoxy groups -OCH3 is 1. The molecule has 8 heteroatoms. The van der Waals surface area contributed by atoms with E-state index in [-0.39, 0.29) is 18.4 Å². The van der Waals surface area contributed by atoms with Crippen LogP contribution in [0.1, 0.15) is 41.0 Å². The molecule has 0 radical (unpaired) electrons. The van der Waals surface area contributed by atoms with Crippen LogP contribution in [0.5, 0.6) is 5.75 Å². The Balaban J connectivity index is 1.82. The van der Waals surface area contributed by atoms with Gasteiger partial charge in [0.2, 0.25) is 5.91 Å². The Hall–Kier alpha value is -3.29. The summed E-state index contributed by atoms with van der Waals surface area (Å²) in [5.41, 5.74) is 2.49. The number of amides is 1. The summed E-state index contributed by atoms with van der Waals surface area (Å²) in [4.78, 5) is 14.7. The van der Waals surface area contributed by atoms with Crippen molar-refractivity contribution in [3.8, 4) is 11.4 Å². The molecule has 0 N–H and O–H groups in total. The summed E-state index contributed by atoms with van der Waals surface area (Å²) < 4.78 is 45.9. The lowest BCUT2D eigenvalue weighted by Crippen LogP contribution is -2.31. The standard InChI is InChI=1S/C24H26F3N3O2/c1-15-22(14-23(31)29(4)16(2)18-9-11-21(32-5)12-10-18)17(3)30(28-15)20-8-6-7-19(13-20)24(25,26)27/h6-13,16H,14H2,1-5H3. The smallest absolute Gasteiger partial charge is 0.416 e. The van der Waals surface area contributed by atoms with Gasteiger partial charge in [-0.25, -0.2) is 4.68 Å². The lowest BCUT2D eigenvalue weighted by molar-refractivity contribution is -0.137. The number of halogens is 3. The van der Waals surface area contributed by atoms with Crippen molar-refractivity contribution in [3.05, 3.63) is 76.6 Å². The predicted octanol–water partition coefficient (Wildman–Crippen LogP) is 5.28. The minimum atomic E-state index is -4.44. The maximum atomic E-state index is 13.1. The number of hydrogen-bond acceptors (Lipinski definition) is 3. The third kappa shape index (κ3) is 4.79. The Morgan fingerprint density at radius 1 is 1.16 bits per heavy atom. The summed E-state index contributed by atoms with van der Waals surface area (Å²) in [5, 5.41) is 4.40. The van der Waals surface area contributed by atoms with Gasteiger partial charge in [0.15, 0.2) is 0 Å². The molecule has 1 unspecified atom stereocenters. The van der Waals surface area contributed by atoms with Gasteiger partial charge in [0, 0.05) is 18.3 Å². The Bertz CT molecular complexity index is 1100. The third-order valence-electron chi connectivity index (χ3n) is 5.76. The molecule has 3 aromatic rings.